The molecule has 0 bridgehead atoms. The second kappa shape index (κ2) is 5.21. The van der Waals surface area contributed by atoms with Crippen LogP contribution in [0.1, 0.15) is 4.88 Å². The van der Waals surface area contributed by atoms with Crippen molar-refractivity contribution >= 4 is 54.4 Å². The Morgan fingerprint density at radius 1 is 1.33 bits per heavy atom. The molecule has 0 spiro atoms. The van der Waals surface area contributed by atoms with E-state index in [1.165, 1.54) is 29.5 Å². The first-order valence-corrected chi connectivity index (χ1v) is 8.60. The lowest BCUT2D eigenvalue weighted by Crippen LogP contribution is -2.04. The molecule has 0 amide bonds. The number of nitrogens with two attached hydrogens (primary N) is 1. The number of thiophene rings is 1. The van der Waals surface area contributed by atoms with Crippen molar-refractivity contribution in [2.75, 3.05) is 5.73 Å². The van der Waals surface area contributed by atoms with Crippen LogP contribution in [0.3, 0.4) is 0 Å². The van der Waals surface area contributed by atoms with Gasteiger partial charge in [-0.1, -0.05) is 11.6 Å². The summed E-state index contributed by atoms with van der Waals surface area (Å²) in [5, 5.41) is 2.09. The fourth-order valence-corrected chi connectivity index (χ4v) is 5.07. The molecule has 0 fully saturated rings. The van der Waals surface area contributed by atoms with E-state index in [-0.39, 0.29) is 15.7 Å². The van der Waals surface area contributed by atoms with Crippen LogP contribution >= 0.6 is 38.9 Å². The van der Waals surface area contributed by atoms with Crippen LogP contribution in [-0.2, 0) is 15.6 Å². The van der Waals surface area contributed by atoms with Crippen molar-refractivity contribution in [2.24, 2.45) is 0 Å². The van der Waals surface area contributed by atoms with Crippen LogP contribution in [0.15, 0.2) is 39.0 Å². The normalized spacial score (nSPS) is 11.7. The molecule has 2 rings (SSSR count). The van der Waals surface area contributed by atoms with E-state index >= 15 is 0 Å². The van der Waals surface area contributed by atoms with E-state index in [2.05, 4.69) is 15.9 Å². The van der Waals surface area contributed by atoms with Crippen molar-refractivity contribution in [3.05, 3.63) is 44.0 Å². The third kappa shape index (κ3) is 2.88. The van der Waals surface area contributed by atoms with Crippen LogP contribution < -0.4 is 5.73 Å². The molecule has 0 aliphatic rings. The summed E-state index contributed by atoms with van der Waals surface area (Å²) >= 11 is 10.5. The molecule has 7 heteroatoms. The number of hydrogen-bond donors (Lipinski definition) is 1. The molecular weight excluding hydrogens is 358 g/mol. The summed E-state index contributed by atoms with van der Waals surface area (Å²) in [6.45, 7) is 0. The van der Waals surface area contributed by atoms with E-state index in [1.807, 2.05) is 11.4 Å². The number of anilines is 1. The van der Waals surface area contributed by atoms with Crippen LogP contribution in [0.2, 0.25) is 5.02 Å². The van der Waals surface area contributed by atoms with Crippen molar-refractivity contribution in [3.8, 4) is 0 Å². The molecule has 18 heavy (non-hydrogen) atoms. The van der Waals surface area contributed by atoms with Gasteiger partial charge in [0.05, 0.1) is 21.4 Å². The quantitative estimate of drug-likeness (QED) is 0.842. The van der Waals surface area contributed by atoms with Gasteiger partial charge < -0.3 is 5.73 Å². The smallest absolute Gasteiger partial charge is 0.183 e. The Hall–Kier alpha value is -0.560. The standard InChI is InChI=1S/C11H9BrClNO2S2/c12-8-3-4-17-11(8)6-18(15,16)7-1-2-10(14)9(13)5-7/h1-5H,6,14H2. The zero-order valence-corrected chi connectivity index (χ0v) is 13.0. The van der Waals surface area contributed by atoms with Crippen LogP contribution in [0, 0.1) is 0 Å². The Kier molecular flexibility index (Phi) is 4.01. The predicted octanol–water partition coefficient (Wildman–Crippen LogP) is 3.72. The van der Waals surface area contributed by atoms with Gasteiger partial charge in [0.25, 0.3) is 0 Å². The van der Waals surface area contributed by atoms with Gasteiger partial charge in [0.15, 0.2) is 9.84 Å². The Labute approximate surface area is 123 Å². The molecule has 0 radical (unpaired) electrons. The van der Waals surface area contributed by atoms with Crippen molar-refractivity contribution in [1.29, 1.82) is 0 Å². The van der Waals surface area contributed by atoms with Crippen molar-refractivity contribution in [1.82, 2.24) is 0 Å². The van der Waals surface area contributed by atoms with Crippen LogP contribution in [0.25, 0.3) is 0 Å². The maximum absolute atomic E-state index is 12.2. The van der Waals surface area contributed by atoms with Gasteiger partial charge >= 0.3 is 0 Å². The van der Waals surface area contributed by atoms with Gasteiger partial charge in [-0.3, -0.25) is 0 Å². The van der Waals surface area contributed by atoms with E-state index in [1.54, 1.807) is 0 Å². The van der Waals surface area contributed by atoms with E-state index in [9.17, 15) is 8.42 Å². The topological polar surface area (TPSA) is 60.2 Å². The summed E-state index contributed by atoms with van der Waals surface area (Å²) in [5.41, 5.74) is 5.93. The summed E-state index contributed by atoms with van der Waals surface area (Å²) in [6, 6.07) is 6.18. The first-order chi connectivity index (χ1) is 8.40. The van der Waals surface area contributed by atoms with Gasteiger partial charge in [-0.25, -0.2) is 8.42 Å². The number of nitrogen functional groups attached to an aromatic ring is 1. The minimum atomic E-state index is -3.40. The van der Waals surface area contributed by atoms with E-state index < -0.39 is 9.84 Å². The van der Waals surface area contributed by atoms with E-state index in [0.29, 0.717) is 5.69 Å². The zero-order valence-electron chi connectivity index (χ0n) is 9.06. The molecule has 0 saturated carbocycles. The van der Waals surface area contributed by atoms with E-state index in [0.717, 1.165) is 9.35 Å². The minimum Gasteiger partial charge on any atom is -0.398 e. The summed E-state index contributed by atoms with van der Waals surface area (Å²) in [4.78, 5) is 0.949. The highest BCUT2D eigenvalue weighted by atomic mass is 79.9. The maximum atomic E-state index is 12.2. The van der Waals surface area contributed by atoms with Crippen molar-refractivity contribution < 1.29 is 8.42 Å². The van der Waals surface area contributed by atoms with Crippen molar-refractivity contribution in [3.63, 3.8) is 0 Å². The third-order valence-electron chi connectivity index (χ3n) is 2.34. The molecule has 1 aromatic heterocycles. The Morgan fingerprint density at radius 3 is 2.61 bits per heavy atom. The lowest BCUT2D eigenvalue weighted by molar-refractivity contribution is 0.595. The van der Waals surface area contributed by atoms with Crippen LogP contribution in [0.5, 0.6) is 0 Å². The first kappa shape index (κ1) is 13.9. The number of benzene rings is 1. The zero-order chi connectivity index (χ0) is 13.3. The molecule has 96 valence electrons. The monoisotopic (exact) mass is 365 g/mol. The fourth-order valence-electron chi connectivity index (χ4n) is 1.39. The molecule has 1 heterocycles. The van der Waals surface area contributed by atoms with Crippen molar-refractivity contribution in [2.45, 2.75) is 10.6 Å². The highest BCUT2D eigenvalue weighted by molar-refractivity contribution is 9.10. The average molecular weight is 367 g/mol. The Morgan fingerprint density at radius 2 is 2.06 bits per heavy atom. The summed E-state index contributed by atoms with van der Waals surface area (Å²) < 4.78 is 25.2. The highest BCUT2D eigenvalue weighted by Crippen LogP contribution is 2.29. The predicted molar refractivity (Wildman–Crippen MR) is 78.8 cm³/mol. The number of hydrogen-bond acceptors (Lipinski definition) is 4. The number of sulfone groups is 1. The summed E-state index contributed by atoms with van der Waals surface area (Å²) in [6.07, 6.45) is 0. The second-order valence-corrected chi connectivity index (χ2v) is 7.89. The summed E-state index contributed by atoms with van der Waals surface area (Å²) in [5.74, 6) is -0.0501. The van der Waals surface area contributed by atoms with E-state index in [4.69, 9.17) is 17.3 Å². The van der Waals surface area contributed by atoms with Crippen LogP contribution in [0.4, 0.5) is 5.69 Å². The SMILES string of the molecule is Nc1ccc(S(=O)(=O)Cc2sccc2Br)cc1Cl. The Bertz CT molecular complexity index is 682. The molecule has 0 unspecified atom stereocenters. The molecule has 0 aliphatic carbocycles. The molecule has 0 atom stereocenters. The second-order valence-electron chi connectivity index (χ2n) is 3.63. The lowest BCUT2D eigenvalue weighted by atomic mass is 10.3. The van der Waals surface area contributed by atoms with Gasteiger partial charge in [-0.05, 0) is 45.6 Å². The lowest BCUT2D eigenvalue weighted by Gasteiger charge is -2.05. The minimum absolute atomic E-state index is 0.0501. The van der Waals surface area contributed by atoms with Gasteiger partial charge in [0.1, 0.15) is 0 Å². The largest absolute Gasteiger partial charge is 0.398 e. The third-order valence-corrected chi connectivity index (χ3v) is 6.42. The molecule has 2 aromatic rings. The fraction of sp³-hybridized carbons (Fsp3) is 0.0909. The van der Waals surface area contributed by atoms with Gasteiger partial charge in [0.2, 0.25) is 0 Å². The molecule has 2 N–H and O–H groups in total. The first-order valence-electron chi connectivity index (χ1n) is 4.90. The molecule has 1 aromatic carbocycles. The maximum Gasteiger partial charge on any atom is 0.183 e. The average Bonchev–Trinajstić information content (AvgIpc) is 2.67. The van der Waals surface area contributed by atoms with Gasteiger partial charge in [-0.2, -0.15) is 0 Å². The van der Waals surface area contributed by atoms with Crippen LogP contribution in [-0.4, -0.2) is 8.42 Å². The number of halogens is 2. The highest BCUT2D eigenvalue weighted by Gasteiger charge is 2.18. The molecule has 0 saturated heterocycles. The van der Waals surface area contributed by atoms with Gasteiger partial charge in [-0.15, -0.1) is 11.3 Å². The molecule has 0 aliphatic heterocycles. The number of rotatable bonds is 3. The Balaban J connectivity index is 2.37. The summed E-state index contributed by atoms with van der Waals surface area (Å²) in [7, 11) is -3.40. The molecule has 3 nitrogen and oxygen atoms in total. The van der Waals surface area contributed by atoms with Gasteiger partial charge in [0, 0.05) is 9.35 Å². The molecular formula is C11H9BrClNO2S2.